The second-order valence-electron chi connectivity index (χ2n) is 6.16. The number of H-pyrrole nitrogens is 1. The maximum atomic E-state index is 12.2. The molecule has 0 radical (unpaired) electrons. The van der Waals surface area contributed by atoms with Gasteiger partial charge in [-0.1, -0.05) is 12.1 Å². The number of fused-ring (bicyclic) bond motifs is 1. The lowest BCUT2D eigenvalue weighted by atomic mass is 10.2. The van der Waals surface area contributed by atoms with Gasteiger partial charge in [-0.2, -0.15) is 5.26 Å². The van der Waals surface area contributed by atoms with Crippen LogP contribution in [0.2, 0.25) is 0 Å². The molecule has 130 valence electrons. The molecule has 0 amide bonds. The number of piperazine rings is 1. The number of rotatable bonds is 3. The molecule has 8 heteroatoms. The van der Waals surface area contributed by atoms with Crippen molar-refractivity contribution in [2.45, 2.75) is 6.54 Å². The van der Waals surface area contributed by atoms with E-state index in [2.05, 4.69) is 29.7 Å². The molecule has 1 fully saturated rings. The van der Waals surface area contributed by atoms with E-state index in [0.29, 0.717) is 23.4 Å². The number of aromatic amines is 1. The normalized spacial score (nSPS) is 15.1. The van der Waals surface area contributed by atoms with Gasteiger partial charge in [-0.3, -0.25) is 9.69 Å². The summed E-state index contributed by atoms with van der Waals surface area (Å²) in [5.41, 5.74) is 0.938. The lowest BCUT2D eigenvalue weighted by Crippen LogP contribution is -2.46. The molecule has 26 heavy (non-hydrogen) atoms. The Hall–Kier alpha value is -3.31. The molecule has 1 aliphatic heterocycles. The van der Waals surface area contributed by atoms with Crippen molar-refractivity contribution >= 4 is 16.7 Å². The number of aromatic nitrogens is 4. The van der Waals surface area contributed by atoms with Crippen LogP contribution in [0.15, 0.2) is 41.5 Å². The first kappa shape index (κ1) is 16.2. The predicted octanol–water partition coefficient (Wildman–Crippen LogP) is 0.907. The monoisotopic (exact) mass is 347 g/mol. The lowest BCUT2D eigenvalue weighted by molar-refractivity contribution is 0.243. The molecule has 3 heterocycles. The molecule has 1 saturated heterocycles. The summed E-state index contributed by atoms with van der Waals surface area (Å²) in [6.45, 7) is 3.88. The zero-order valence-corrected chi connectivity index (χ0v) is 14.1. The fourth-order valence-electron chi connectivity index (χ4n) is 3.10. The van der Waals surface area contributed by atoms with Crippen LogP contribution in [0, 0.1) is 11.3 Å². The standard InChI is InChI=1S/C18H17N7O/c19-9-13-10-21-17(11-20-13)25-7-5-24(6-8-25)12-16-22-15-4-2-1-3-14(15)18(26)23-16/h1-4,10-11H,5-8,12H2,(H,22,23,26). The van der Waals surface area contributed by atoms with E-state index in [4.69, 9.17) is 5.26 Å². The summed E-state index contributed by atoms with van der Waals surface area (Å²) in [5.74, 6) is 1.46. The summed E-state index contributed by atoms with van der Waals surface area (Å²) in [5, 5.41) is 9.41. The molecule has 1 N–H and O–H groups in total. The summed E-state index contributed by atoms with van der Waals surface area (Å²) in [7, 11) is 0. The second-order valence-corrected chi connectivity index (χ2v) is 6.16. The highest BCUT2D eigenvalue weighted by Crippen LogP contribution is 2.14. The average Bonchev–Trinajstić information content (AvgIpc) is 2.69. The highest BCUT2D eigenvalue weighted by atomic mass is 16.1. The van der Waals surface area contributed by atoms with Gasteiger partial charge < -0.3 is 9.88 Å². The van der Waals surface area contributed by atoms with Gasteiger partial charge in [0.1, 0.15) is 17.7 Å². The van der Waals surface area contributed by atoms with E-state index < -0.39 is 0 Å². The summed E-state index contributed by atoms with van der Waals surface area (Å²) in [6, 6.07) is 9.33. The van der Waals surface area contributed by atoms with Crippen LogP contribution < -0.4 is 10.5 Å². The smallest absolute Gasteiger partial charge is 0.258 e. The molecular weight excluding hydrogens is 330 g/mol. The van der Waals surface area contributed by atoms with Crippen LogP contribution in [-0.2, 0) is 6.54 Å². The minimum atomic E-state index is -0.0999. The van der Waals surface area contributed by atoms with Crippen molar-refractivity contribution in [3.05, 3.63) is 58.5 Å². The van der Waals surface area contributed by atoms with Crippen LogP contribution in [0.1, 0.15) is 11.5 Å². The molecule has 1 aromatic carbocycles. The van der Waals surface area contributed by atoms with Crippen LogP contribution in [-0.4, -0.2) is 51.0 Å². The van der Waals surface area contributed by atoms with Crippen LogP contribution in [0.5, 0.6) is 0 Å². The third kappa shape index (κ3) is 3.25. The van der Waals surface area contributed by atoms with Crippen LogP contribution in [0.3, 0.4) is 0 Å². The van der Waals surface area contributed by atoms with Crippen molar-refractivity contribution in [3.63, 3.8) is 0 Å². The van der Waals surface area contributed by atoms with E-state index in [1.807, 2.05) is 24.3 Å². The van der Waals surface area contributed by atoms with Crippen LogP contribution in [0.4, 0.5) is 5.82 Å². The summed E-state index contributed by atoms with van der Waals surface area (Å²) < 4.78 is 0. The average molecular weight is 347 g/mol. The van der Waals surface area contributed by atoms with E-state index >= 15 is 0 Å². The maximum Gasteiger partial charge on any atom is 0.258 e. The van der Waals surface area contributed by atoms with Gasteiger partial charge in [0.15, 0.2) is 5.69 Å². The van der Waals surface area contributed by atoms with Crippen molar-refractivity contribution in [1.82, 2.24) is 24.8 Å². The summed E-state index contributed by atoms with van der Waals surface area (Å²) >= 11 is 0. The third-order valence-corrected chi connectivity index (χ3v) is 4.48. The number of nitrogens with zero attached hydrogens (tertiary/aromatic N) is 6. The van der Waals surface area contributed by atoms with E-state index in [0.717, 1.165) is 37.5 Å². The molecule has 3 aromatic rings. The highest BCUT2D eigenvalue weighted by molar-refractivity contribution is 5.77. The van der Waals surface area contributed by atoms with Crippen LogP contribution >= 0.6 is 0 Å². The van der Waals surface area contributed by atoms with E-state index in [-0.39, 0.29) is 5.56 Å². The van der Waals surface area contributed by atoms with Gasteiger partial charge in [0, 0.05) is 26.2 Å². The number of nitriles is 1. The van der Waals surface area contributed by atoms with Gasteiger partial charge in [0.05, 0.1) is 29.8 Å². The number of nitrogens with one attached hydrogen (secondary N) is 1. The number of hydrogen-bond acceptors (Lipinski definition) is 7. The third-order valence-electron chi connectivity index (χ3n) is 4.48. The number of benzene rings is 1. The molecule has 0 bridgehead atoms. The second kappa shape index (κ2) is 6.90. The molecule has 0 unspecified atom stereocenters. The Kier molecular flexibility index (Phi) is 4.29. The Bertz CT molecular complexity index is 1010. The minimum Gasteiger partial charge on any atom is -0.353 e. The first-order chi connectivity index (χ1) is 12.7. The van der Waals surface area contributed by atoms with E-state index in [9.17, 15) is 4.79 Å². The lowest BCUT2D eigenvalue weighted by Gasteiger charge is -2.34. The SMILES string of the molecule is N#Cc1cnc(N2CCN(Cc3nc4ccccc4c(=O)[nH]3)CC2)cn1. The number of anilines is 1. The van der Waals surface area contributed by atoms with Crippen molar-refractivity contribution in [1.29, 1.82) is 5.26 Å². The van der Waals surface area contributed by atoms with Gasteiger partial charge in [-0.05, 0) is 12.1 Å². The first-order valence-corrected chi connectivity index (χ1v) is 8.40. The molecular formula is C18H17N7O. The topological polar surface area (TPSA) is 102 Å². The Morgan fingerprint density at radius 3 is 2.65 bits per heavy atom. The Balaban J connectivity index is 1.42. The highest BCUT2D eigenvalue weighted by Gasteiger charge is 2.19. The summed E-state index contributed by atoms with van der Waals surface area (Å²) in [6.07, 6.45) is 3.13. The minimum absolute atomic E-state index is 0.0999. The zero-order valence-electron chi connectivity index (χ0n) is 14.1. The van der Waals surface area contributed by atoms with Crippen molar-refractivity contribution in [2.24, 2.45) is 0 Å². The predicted molar refractivity (Wildman–Crippen MR) is 96.6 cm³/mol. The molecule has 0 aliphatic carbocycles. The van der Waals surface area contributed by atoms with Crippen LogP contribution in [0.25, 0.3) is 10.9 Å². The molecule has 2 aromatic heterocycles. The zero-order chi connectivity index (χ0) is 17.9. The van der Waals surface area contributed by atoms with Crippen molar-refractivity contribution < 1.29 is 0 Å². The molecule has 1 aliphatic rings. The Morgan fingerprint density at radius 2 is 1.92 bits per heavy atom. The number of para-hydroxylation sites is 1. The van der Waals surface area contributed by atoms with Gasteiger partial charge in [0.25, 0.3) is 5.56 Å². The van der Waals surface area contributed by atoms with Crippen molar-refractivity contribution in [3.8, 4) is 6.07 Å². The molecule has 8 nitrogen and oxygen atoms in total. The first-order valence-electron chi connectivity index (χ1n) is 8.40. The van der Waals surface area contributed by atoms with Gasteiger partial charge in [-0.15, -0.1) is 0 Å². The fourth-order valence-corrected chi connectivity index (χ4v) is 3.10. The molecule has 4 rings (SSSR count). The largest absolute Gasteiger partial charge is 0.353 e. The Labute approximate surface area is 149 Å². The molecule has 0 spiro atoms. The van der Waals surface area contributed by atoms with Gasteiger partial charge in [0.2, 0.25) is 0 Å². The van der Waals surface area contributed by atoms with Crippen molar-refractivity contribution in [2.75, 3.05) is 31.1 Å². The van der Waals surface area contributed by atoms with Gasteiger partial charge in [-0.25, -0.2) is 15.0 Å². The van der Waals surface area contributed by atoms with Gasteiger partial charge >= 0.3 is 0 Å². The molecule has 0 atom stereocenters. The van der Waals surface area contributed by atoms with E-state index in [1.165, 1.54) is 6.20 Å². The number of hydrogen-bond donors (Lipinski definition) is 1. The maximum absolute atomic E-state index is 12.2. The summed E-state index contributed by atoms with van der Waals surface area (Å²) in [4.78, 5) is 32.4. The fraction of sp³-hybridized carbons (Fsp3) is 0.278. The van der Waals surface area contributed by atoms with E-state index in [1.54, 1.807) is 12.3 Å². The Morgan fingerprint density at radius 1 is 1.12 bits per heavy atom. The quantitative estimate of drug-likeness (QED) is 0.751. The molecule has 0 saturated carbocycles.